The highest BCUT2D eigenvalue weighted by atomic mass is 35.5. The molecule has 0 aliphatic heterocycles. The van der Waals surface area contributed by atoms with Gasteiger partial charge < -0.3 is 0 Å². The molecule has 0 heterocycles. The second-order valence-corrected chi connectivity index (χ2v) is 3.91. The molecule has 0 aromatic rings. The highest BCUT2D eigenvalue weighted by Crippen LogP contribution is 2.05. The van der Waals surface area contributed by atoms with Gasteiger partial charge in [-0.3, -0.25) is 0 Å². The Morgan fingerprint density at radius 2 is 1.50 bits per heavy atom. The highest BCUT2D eigenvalue weighted by molar-refractivity contribution is 6.17. The number of allylic oxidation sites excluding steroid dienone is 4. The molecule has 82 valence electrons. The molecular formula is C13H23Cl. The Labute approximate surface area is 94.0 Å². The van der Waals surface area contributed by atoms with E-state index in [1.807, 2.05) is 0 Å². The van der Waals surface area contributed by atoms with Crippen LogP contribution in [-0.2, 0) is 0 Å². The number of unbranched alkanes of at least 4 members (excludes halogenated alkanes) is 5. The van der Waals surface area contributed by atoms with E-state index in [0.717, 1.165) is 12.3 Å². The third kappa shape index (κ3) is 11.8. The first-order valence-corrected chi connectivity index (χ1v) is 6.33. The molecule has 0 spiro atoms. The molecule has 0 aromatic carbocycles. The number of hydrogen-bond acceptors (Lipinski definition) is 0. The summed E-state index contributed by atoms with van der Waals surface area (Å²) in [6.07, 6.45) is 17.6. The normalized spacial score (nSPS) is 11.9. The number of rotatable bonds is 9. The average Bonchev–Trinajstić information content (AvgIpc) is 2.21. The van der Waals surface area contributed by atoms with E-state index < -0.39 is 0 Å². The fraction of sp³-hybridized carbons (Fsp3) is 0.692. The topological polar surface area (TPSA) is 0 Å². The lowest BCUT2D eigenvalue weighted by Crippen LogP contribution is -1.75. The zero-order valence-electron chi connectivity index (χ0n) is 9.34. The molecule has 0 radical (unpaired) electrons. The van der Waals surface area contributed by atoms with E-state index in [-0.39, 0.29) is 0 Å². The molecular weight excluding hydrogens is 192 g/mol. The monoisotopic (exact) mass is 214 g/mol. The molecule has 0 aliphatic carbocycles. The van der Waals surface area contributed by atoms with Crippen molar-refractivity contribution in [2.24, 2.45) is 0 Å². The lowest BCUT2D eigenvalue weighted by Gasteiger charge is -1.95. The lowest BCUT2D eigenvalue weighted by atomic mass is 10.1. The molecule has 1 heteroatoms. The van der Waals surface area contributed by atoms with Gasteiger partial charge in [-0.1, -0.05) is 56.9 Å². The lowest BCUT2D eigenvalue weighted by molar-refractivity contribution is 0.637. The van der Waals surface area contributed by atoms with Crippen molar-refractivity contribution in [1.29, 1.82) is 0 Å². The van der Waals surface area contributed by atoms with E-state index in [0.29, 0.717) is 0 Å². The van der Waals surface area contributed by atoms with E-state index in [1.165, 1.54) is 38.5 Å². The zero-order chi connectivity index (χ0) is 10.5. The van der Waals surface area contributed by atoms with Crippen LogP contribution in [0.1, 0.15) is 51.9 Å². The quantitative estimate of drug-likeness (QED) is 0.285. The van der Waals surface area contributed by atoms with Crippen molar-refractivity contribution in [3.05, 3.63) is 24.3 Å². The molecule has 0 aliphatic rings. The predicted molar refractivity (Wildman–Crippen MR) is 67.0 cm³/mol. The van der Waals surface area contributed by atoms with Gasteiger partial charge in [-0.2, -0.15) is 0 Å². The van der Waals surface area contributed by atoms with Crippen LogP contribution in [0, 0.1) is 0 Å². The van der Waals surface area contributed by atoms with Gasteiger partial charge in [-0.25, -0.2) is 0 Å². The molecule has 0 fully saturated rings. The van der Waals surface area contributed by atoms with Crippen molar-refractivity contribution in [2.45, 2.75) is 51.9 Å². The molecule has 0 bridgehead atoms. The number of hydrogen-bond donors (Lipinski definition) is 0. The first kappa shape index (κ1) is 13.8. The van der Waals surface area contributed by atoms with Crippen LogP contribution in [0.4, 0.5) is 0 Å². The van der Waals surface area contributed by atoms with E-state index in [9.17, 15) is 0 Å². The maximum Gasteiger partial charge on any atom is 0.0258 e. The third-order valence-electron chi connectivity index (χ3n) is 2.13. The SMILES string of the molecule is CCCCCCCC=CC=CCCCl. The second kappa shape index (κ2) is 12.8. The Kier molecular flexibility index (Phi) is 12.6. The van der Waals surface area contributed by atoms with Crippen LogP contribution >= 0.6 is 11.6 Å². The summed E-state index contributed by atoms with van der Waals surface area (Å²) < 4.78 is 0. The smallest absolute Gasteiger partial charge is 0.0258 e. The summed E-state index contributed by atoms with van der Waals surface area (Å²) >= 11 is 5.54. The van der Waals surface area contributed by atoms with Gasteiger partial charge in [0, 0.05) is 5.88 Å². The van der Waals surface area contributed by atoms with Gasteiger partial charge in [0.1, 0.15) is 0 Å². The van der Waals surface area contributed by atoms with Gasteiger partial charge in [-0.15, -0.1) is 11.6 Å². The molecule has 0 saturated carbocycles. The van der Waals surface area contributed by atoms with Crippen LogP contribution in [0.5, 0.6) is 0 Å². The first-order chi connectivity index (χ1) is 6.91. The van der Waals surface area contributed by atoms with Gasteiger partial charge in [-0.05, 0) is 19.3 Å². The Balaban J connectivity index is 3.10. The van der Waals surface area contributed by atoms with E-state index in [1.54, 1.807) is 0 Å². The molecule has 0 amide bonds. The minimum atomic E-state index is 0.724. The van der Waals surface area contributed by atoms with Crippen LogP contribution in [0.2, 0.25) is 0 Å². The fourth-order valence-corrected chi connectivity index (χ4v) is 1.40. The Hall–Kier alpha value is -0.230. The van der Waals surface area contributed by atoms with Crippen LogP contribution in [0.25, 0.3) is 0 Å². The molecule has 14 heavy (non-hydrogen) atoms. The number of halogens is 1. The molecule has 0 nitrogen and oxygen atoms in total. The minimum Gasteiger partial charge on any atom is -0.126 e. The average molecular weight is 215 g/mol. The summed E-state index contributed by atoms with van der Waals surface area (Å²) in [5.41, 5.74) is 0. The van der Waals surface area contributed by atoms with Crippen molar-refractivity contribution in [3.8, 4) is 0 Å². The van der Waals surface area contributed by atoms with Gasteiger partial charge >= 0.3 is 0 Å². The standard InChI is InChI=1S/C13H23Cl/c1-2-3-4-5-6-7-8-9-10-11-12-13-14/h8-11H,2-7,12-13H2,1H3. The second-order valence-electron chi connectivity index (χ2n) is 3.54. The predicted octanol–water partition coefficient (Wildman–Crippen LogP) is 5.09. The first-order valence-electron chi connectivity index (χ1n) is 5.79. The van der Waals surface area contributed by atoms with Crippen LogP contribution in [-0.4, -0.2) is 5.88 Å². The van der Waals surface area contributed by atoms with Gasteiger partial charge in [0.2, 0.25) is 0 Å². The molecule has 0 rings (SSSR count). The Morgan fingerprint density at radius 1 is 0.857 bits per heavy atom. The van der Waals surface area contributed by atoms with Crippen molar-refractivity contribution < 1.29 is 0 Å². The highest BCUT2D eigenvalue weighted by Gasteiger charge is 1.85. The molecule has 0 saturated heterocycles. The molecule has 0 atom stereocenters. The van der Waals surface area contributed by atoms with Gasteiger partial charge in [0.25, 0.3) is 0 Å². The van der Waals surface area contributed by atoms with Crippen LogP contribution in [0.15, 0.2) is 24.3 Å². The van der Waals surface area contributed by atoms with E-state index in [2.05, 4.69) is 31.2 Å². The molecule has 0 unspecified atom stereocenters. The van der Waals surface area contributed by atoms with E-state index in [4.69, 9.17) is 11.6 Å². The van der Waals surface area contributed by atoms with Crippen molar-refractivity contribution in [1.82, 2.24) is 0 Å². The molecule has 0 N–H and O–H groups in total. The minimum absolute atomic E-state index is 0.724. The summed E-state index contributed by atoms with van der Waals surface area (Å²) in [4.78, 5) is 0. The third-order valence-corrected chi connectivity index (χ3v) is 2.35. The largest absolute Gasteiger partial charge is 0.126 e. The van der Waals surface area contributed by atoms with Crippen LogP contribution in [0.3, 0.4) is 0 Å². The maximum atomic E-state index is 5.54. The van der Waals surface area contributed by atoms with E-state index >= 15 is 0 Å². The Bertz CT molecular complexity index is 147. The zero-order valence-corrected chi connectivity index (χ0v) is 10.1. The molecule has 0 aromatic heterocycles. The van der Waals surface area contributed by atoms with Gasteiger partial charge in [0.15, 0.2) is 0 Å². The van der Waals surface area contributed by atoms with Crippen LogP contribution < -0.4 is 0 Å². The van der Waals surface area contributed by atoms with Gasteiger partial charge in [0.05, 0.1) is 0 Å². The fourth-order valence-electron chi connectivity index (χ4n) is 1.28. The van der Waals surface area contributed by atoms with Crippen molar-refractivity contribution >= 4 is 11.6 Å². The summed E-state index contributed by atoms with van der Waals surface area (Å²) in [6.45, 7) is 2.25. The van der Waals surface area contributed by atoms with Crippen molar-refractivity contribution in [2.75, 3.05) is 5.88 Å². The van der Waals surface area contributed by atoms with Crippen molar-refractivity contribution in [3.63, 3.8) is 0 Å². The summed E-state index contributed by atoms with van der Waals surface area (Å²) in [6, 6.07) is 0. The summed E-state index contributed by atoms with van der Waals surface area (Å²) in [7, 11) is 0. The summed E-state index contributed by atoms with van der Waals surface area (Å²) in [5.74, 6) is 0.724. The maximum absolute atomic E-state index is 5.54. The summed E-state index contributed by atoms with van der Waals surface area (Å²) in [5, 5.41) is 0. The Morgan fingerprint density at radius 3 is 2.14 bits per heavy atom. The number of alkyl halides is 1.